The summed E-state index contributed by atoms with van der Waals surface area (Å²) in [4.78, 5) is 42.1. The molecule has 0 aliphatic carbocycles. The van der Waals surface area contributed by atoms with Gasteiger partial charge in [-0.1, -0.05) is 13.8 Å². The van der Waals surface area contributed by atoms with Crippen LogP contribution in [0.1, 0.15) is 37.1 Å². The van der Waals surface area contributed by atoms with Crippen LogP contribution in [0.15, 0.2) is 11.1 Å². The molecule has 1 N–H and O–H groups in total. The third-order valence-electron chi connectivity index (χ3n) is 4.17. The van der Waals surface area contributed by atoms with Gasteiger partial charge in [0.2, 0.25) is 0 Å². The number of nitrogens with one attached hydrogen (secondary N) is 1. The Hall–Kier alpha value is -2.22. The summed E-state index contributed by atoms with van der Waals surface area (Å²) < 4.78 is 6.18. The largest absolute Gasteiger partial charge is 0.454 e. The Kier molecular flexibility index (Phi) is 6.30. The fraction of sp³-hybridized carbons (Fsp3) is 0.529. The van der Waals surface area contributed by atoms with Crippen LogP contribution in [0.25, 0.3) is 10.2 Å². The Morgan fingerprint density at radius 3 is 2.64 bits per heavy atom. The molecule has 136 valence electrons. The van der Waals surface area contributed by atoms with Crippen LogP contribution in [0.5, 0.6) is 0 Å². The molecule has 7 nitrogen and oxygen atoms in total. The van der Waals surface area contributed by atoms with E-state index >= 15 is 0 Å². The molecule has 0 saturated heterocycles. The monoisotopic (exact) mass is 365 g/mol. The number of hydrogen-bond acceptors (Lipinski definition) is 6. The van der Waals surface area contributed by atoms with Crippen molar-refractivity contribution in [1.29, 1.82) is 0 Å². The van der Waals surface area contributed by atoms with Crippen molar-refractivity contribution in [1.82, 2.24) is 14.9 Å². The van der Waals surface area contributed by atoms with Gasteiger partial charge in [-0.05, 0) is 32.3 Å². The zero-order chi connectivity index (χ0) is 18.6. The summed E-state index contributed by atoms with van der Waals surface area (Å²) >= 11 is 1.45. The second-order valence-electron chi connectivity index (χ2n) is 5.88. The molecule has 0 aliphatic rings. The first-order valence-electron chi connectivity index (χ1n) is 8.27. The lowest BCUT2D eigenvalue weighted by atomic mass is 10.2. The van der Waals surface area contributed by atoms with Crippen molar-refractivity contribution >= 4 is 33.4 Å². The van der Waals surface area contributed by atoms with Gasteiger partial charge in [0.15, 0.2) is 6.61 Å². The fourth-order valence-electron chi connectivity index (χ4n) is 2.48. The smallest absolute Gasteiger partial charge is 0.326 e. The van der Waals surface area contributed by atoms with Gasteiger partial charge in [0.25, 0.3) is 11.5 Å². The van der Waals surface area contributed by atoms with Crippen molar-refractivity contribution < 1.29 is 14.3 Å². The summed E-state index contributed by atoms with van der Waals surface area (Å²) in [6.45, 7) is 7.12. The third kappa shape index (κ3) is 4.45. The van der Waals surface area contributed by atoms with Gasteiger partial charge in [0, 0.05) is 10.9 Å². The average Bonchev–Trinajstić information content (AvgIpc) is 2.88. The number of carbonyl (C=O) groups is 2. The maximum Gasteiger partial charge on any atom is 0.326 e. The minimum atomic E-state index is -0.646. The maximum atomic E-state index is 12.5. The Morgan fingerprint density at radius 2 is 2.00 bits per heavy atom. The molecular formula is C17H23N3O4S. The summed E-state index contributed by atoms with van der Waals surface area (Å²) in [6, 6.07) is 0.0743. The number of nitrogens with zero attached hydrogens (tertiary/aromatic N) is 2. The number of aromatic nitrogens is 2. The lowest BCUT2D eigenvalue weighted by Crippen LogP contribution is -2.37. The topological polar surface area (TPSA) is 90.3 Å². The number of thiophene rings is 1. The van der Waals surface area contributed by atoms with Crippen molar-refractivity contribution in [2.24, 2.45) is 0 Å². The number of aryl methyl sites for hydroxylation is 2. The molecule has 0 unspecified atom stereocenters. The zero-order valence-corrected chi connectivity index (χ0v) is 15.7. The molecule has 0 spiro atoms. The highest BCUT2D eigenvalue weighted by molar-refractivity contribution is 7.18. The van der Waals surface area contributed by atoms with Crippen LogP contribution in [0.3, 0.4) is 0 Å². The lowest BCUT2D eigenvalue weighted by molar-refractivity contribution is -0.149. The van der Waals surface area contributed by atoms with Crippen LogP contribution < -0.4 is 10.9 Å². The Labute approximate surface area is 150 Å². The summed E-state index contributed by atoms with van der Waals surface area (Å²) in [6.07, 6.45) is 2.97. The van der Waals surface area contributed by atoms with Crippen LogP contribution in [-0.4, -0.2) is 34.1 Å². The second kappa shape index (κ2) is 8.24. The van der Waals surface area contributed by atoms with Crippen molar-refractivity contribution in [3.8, 4) is 0 Å². The normalized spacial score (nSPS) is 11.1. The number of amides is 1. The van der Waals surface area contributed by atoms with E-state index in [1.54, 1.807) is 0 Å². The standard InChI is InChI=1S/C17H23N3O4S/c1-5-12(6-2)19-13(21)8-24-14(22)7-20-9-18-16-15(17(20)23)10(3)11(4)25-16/h9,12H,5-8H2,1-4H3,(H,19,21). The van der Waals surface area contributed by atoms with Gasteiger partial charge >= 0.3 is 5.97 Å². The summed E-state index contributed by atoms with van der Waals surface area (Å²) in [5.74, 6) is -0.986. The van der Waals surface area contributed by atoms with Crippen molar-refractivity contribution in [3.63, 3.8) is 0 Å². The zero-order valence-electron chi connectivity index (χ0n) is 14.9. The van der Waals surface area contributed by atoms with E-state index in [-0.39, 0.29) is 30.7 Å². The molecular weight excluding hydrogens is 342 g/mol. The van der Waals surface area contributed by atoms with E-state index in [9.17, 15) is 14.4 Å². The molecule has 2 heterocycles. The Morgan fingerprint density at radius 1 is 1.32 bits per heavy atom. The van der Waals surface area contributed by atoms with E-state index in [4.69, 9.17) is 4.74 Å². The first-order chi connectivity index (χ1) is 11.9. The van der Waals surface area contributed by atoms with Crippen LogP contribution in [0.4, 0.5) is 0 Å². The number of ether oxygens (including phenoxy) is 1. The van der Waals surface area contributed by atoms with Crippen LogP contribution in [-0.2, 0) is 20.9 Å². The van der Waals surface area contributed by atoms with Crippen molar-refractivity contribution in [3.05, 3.63) is 27.1 Å². The van der Waals surface area contributed by atoms with E-state index in [1.807, 2.05) is 27.7 Å². The molecule has 0 aromatic carbocycles. The number of carbonyl (C=O) groups excluding carboxylic acids is 2. The lowest BCUT2D eigenvalue weighted by Gasteiger charge is -2.14. The van der Waals surface area contributed by atoms with Crippen molar-refractivity contribution in [2.45, 2.75) is 53.1 Å². The maximum absolute atomic E-state index is 12.5. The molecule has 0 radical (unpaired) electrons. The molecule has 2 aromatic heterocycles. The molecule has 2 rings (SSSR count). The molecule has 25 heavy (non-hydrogen) atoms. The average molecular weight is 365 g/mol. The highest BCUT2D eigenvalue weighted by Gasteiger charge is 2.15. The van der Waals surface area contributed by atoms with Crippen molar-refractivity contribution in [2.75, 3.05) is 6.61 Å². The predicted molar refractivity (Wildman–Crippen MR) is 96.8 cm³/mol. The molecule has 8 heteroatoms. The third-order valence-corrected chi connectivity index (χ3v) is 5.29. The highest BCUT2D eigenvalue weighted by atomic mass is 32.1. The van der Waals surface area contributed by atoms with Gasteiger partial charge in [-0.15, -0.1) is 11.3 Å². The second-order valence-corrected chi connectivity index (χ2v) is 7.09. The summed E-state index contributed by atoms with van der Waals surface area (Å²) in [5.41, 5.74) is 0.607. The SMILES string of the molecule is CCC(CC)NC(=O)COC(=O)Cn1cnc2sc(C)c(C)c2c1=O. The first-order valence-corrected chi connectivity index (χ1v) is 9.09. The Bertz CT molecular complexity index is 836. The molecule has 0 atom stereocenters. The quantitative estimate of drug-likeness (QED) is 0.757. The first kappa shape index (κ1) is 19.1. The highest BCUT2D eigenvalue weighted by Crippen LogP contribution is 2.25. The minimum Gasteiger partial charge on any atom is -0.454 e. The van der Waals surface area contributed by atoms with Crippen LogP contribution >= 0.6 is 11.3 Å². The number of esters is 1. The molecule has 0 saturated carbocycles. The number of hydrogen-bond donors (Lipinski definition) is 1. The van der Waals surface area contributed by atoms with Gasteiger partial charge < -0.3 is 10.1 Å². The van der Waals surface area contributed by atoms with Gasteiger partial charge in [-0.3, -0.25) is 19.0 Å². The molecule has 0 aliphatic heterocycles. The van der Waals surface area contributed by atoms with E-state index in [1.165, 1.54) is 22.2 Å². The van der Waals surface area contributed by atoms with Gasteiger partial charge in [-0.2, -0.15) is 0 Å². The molecule has 1 amide bonds. The van der Waals surface area contributed by atoms with Gasteiger partial charge in [0.05, 0.1) is 11.7 Å². The molecule has 0 fully saturated rings. The van der Waals surface area contributed by atoms with E-state index in [0.717, 1.165) is 23.3 Å². The summed E-state index contributed by atoms with van der Waals surface area (Å²) in [7, 11) is 0. The van der Waals surface area contributed by atoms with Gasteiger partial charge in [-0.25, -0.2) is 4.98 Å². The molecule has 0 bridgehead atoms. The predicted octanol–water partition coefficient (Wildman–Crippen LogP) is 1.92. The Balaban J connectivity index is 2.00. The van der Waals surface area contributed by atoms with Crippen LogP contribution in [0, 0.1) is 13.8 Å². The van der Waals surface area contributed by atoms with Crippen LogP contribution in [0.2, 0.25) is 0 Å². The summed E-state index contributed by atoms with van der Waals surface area (Å²) in [5, 5.41) is 3.32. The van der Waals surface area contributed by atoms with E-state index in [2.05, 4.69) is 10.3 Å². The minimum absolute atomic E-state index is 0.0743. The number of fused-ring (bicyclic) bond motifs is 1. The van der Waals surface area contributed by atoms with Gasteiger partial charge in [0.1, 0.15) is 11.4 Å². The molecule has 2 aromatic rings. The fourth-order valence-corrected chi connectivity index (χ4v) is 3.46. The van der Waals surface area contributed by atoms with E-state index < -0.39 is 5.97 Å². The van der Waals surface area contributed by atoms with E-state index in [0.29, 0.717) is 10.2 Å². The number of rotatable bonds is 7.